The fourth-order valence-corrected chi connectivity index (χ4v) is 0.919. The molecule has 66 valence electrons. The normalized spacial score (nSPS) is 9.83. The topological polar surface area (TPSA) is 34.1 Å². The Morgan fingerprint density at radius 1 is 1.58 bits per heavy atom. The zero-order valence-electron chi connectivity index (χ0n) is 7.50. The van der Waals surface area contributed by atoms with Gasteiger partial charge in [-0.1, -0.05) is 0 Å². The third-order valence-electron chi connectivity index (χ3n) is 1.56. The van der Waals surface area contributed by atoms with E-state index in [0.29, 0.717) is 6.61 Å². The van der Waals surface area contributed by atoms with Gasteiger partial charge >= 0.3 is 0 Å². The quantitative estimate of drug-likeness (QED) is 0.738. The van der Waals surface area contributed by atoms with Gasteiger partial charge in [-0.15, -0.1) is 0 Å². The number of hydrogen-bond acceptors (Lipinski definition) is 3. The minimum atomic E-state index is 0.589. The summed E-state index contributed by atoms with van der Waals surface area (Å²) in [5, 5.41) is 3.05. The molecule has 1 heterocycles. The largest absolute Gasteiger partial charge is 0.388 e. The van der Waals surface area contributed by atoms with E-state index in [1.165, 1.54) is 0 Å². The molecule has 0 aliphatic rings. The van der Waals surface area contributed by atoms with E-state index in [2.05, 4.69) is 10.3 Å². The van der Waals surface area contributed by atoms with Crippen molar-refractivity contribution >= 4 is 5.69 Å². The van der Waals surface area contributed by atoms with Crippen LogP contribution in [0.5, 0.6) is 0 Å². The summed E-state index contributed by atoms with van der Waals surface area (Å²) in [7, 11) is 1.89. The van der Waals surface area contributed by atoms with Crippen LogP contribution in [0, 0.1) is 0 Å². The van der Waals surface area contributed by atoms with Crippen LogP contribution in [0.4, 0.5) is 5.69 Å². The predicted molar refractivity (Wildman–Crippen MR) is 49.1 cm³/mol. The van der Waals surface area contributed by atoms with Crippen LogP contribution in [0.25, 0.3) is 0 Å². The van der Waals surface area contributed by atoms with Crippen molar-refractivity contribution in [1.82, 2.24) is 4.98 Å². The van der Waals surface area contributed by atoms with Crippen LogP contribution >= 0.6 is 0 Å². The molecule has 0 unspecified atom stereocenters. The molecule has 0 spiro atoms. The highest BCUT2D eigenvalue weighted by atomic mass is 16.5. The molecule has 1 rings (SSSR count). The van der Waals surface area contributed by atoms with Crippen LogP contribution in [0.15, 0.2) is 18.3 Å². The van der Waals surface area contributed by atoms with E-state index in [0.717, 1.165) is 18.0 Å². The van der Waals surface area contributed by atoms with Gasteiger partial charge in [-0.3, -0.25) is 4.98 Å². The van der Waals surface area contributed by atoms with Crippen molar-refractivity contribution in [2.24, 2.45) is 0 Å². The van der Waals surface area contributed by atoms with Crippen LogP contribution < -0.4 is 5.32 Å². The Morgan fingerprint density at radius 2 is 2.42 bits per heavy atom. The maximum absolute atomic E-state index is 5.23. The third-order valence-corrected chi connectivity index (χ3v) is 1.56. The summed E-state index contributed by atoms with van der Waals surface area (Å²) in [4.78, 5) is 4.16. The fourth-order valence-electron chi connectivity index (χ4n) is 0.919. The molecular formula is C9H14N2O. The molecule has 1 aromatic rings. The Bertz CT molecular complexity index is 238. The number of nitrogens with one attached hydrogen (secondary N) is 1. The van der Waals surface area contributed by atoms with Crippen molar-refractivity contribution < 1.29 is 4.74 Å². The smallest absolute Gasteiger partial charge is 0.0888 e. The first-order valence-electron chi connectivity index (χ1n) is 4.07. The van der Waals surface area contributed by atoms with E-state index >= 15 is 0 Å². The Kier molecular flexibility index (Phi) is 3.54. The molecule has 3 heteroatoms. The summed E-state index contributed by atoms with van der Waals surface area (Å²) in [6.45, 7) is 3.29. The second-order valence-electron chi connectivity index (χ2n) is 2.42. The summed E-state index contributed by atoms with van der Waals surface area (Å²) >= 11 is 0. The maximum Gasteiger partial charge on any atom is 0.0888 e. The average Bonchev–Trinajstić information content (AvgIpc) is 2.15. The molecule has 0 radical (unpaired) electrons. The molecule has 0 bridgehead atoms. The highest BCUT2D eigenvalue weighted by molar-refractivity contribution is 5.42. The number of nitrogens with zero attached hydrogens (tertiary/aromatic N) is 1. The second-order valence-corrected chi connectivity index (χ2v) is 2.42. The molecule has 0 amide bonds. The second kappa shape index (κ2) is 4.72. The van der Waals surface area contributed by atoms with Gasteiger partial charge in [-0.05, 0) is 19.1 Å². The lowest BCUT2D eigenvalue weighted by Gasteiger charge is -2.03. The van der Waals surface area contributed by atoms with Crippen molar-refractivity contribution in [3.05, 3.63) is 24.0 Å². The lowest BCUT2D eigenvalue weighted by Crippen LogP contribution is -1.96. The first-order valence-corrected chi connectivity index (χ1v) is 4.07. The number of aromatic nitrogens is 1. The molecule has 0 aromatic carbocycles. The molecule has 0 aliphatic carbocycles. The van der Waals surface area contributed by atoms with Crippen molar-refractivity contribution in [2.75, 3.05) is 19.0 Å². The van der Waals surface area contributed by atoms with E-state index in [1.54, 1.807) is 6.20 Å². The van der Waals surface area contributed by atoms with Crippen molar-refractivity contribution in [3.63, 3.8) is 0 Å². The highest BCUT2D eigenvalue weighted by Crippen LogP contribution is 2.07. The highest BCUT2D eigenvalue weighted by Gasteiger charge is 1.94. The minimum Gasteiger partial charge on any atom is -0.388 e. The minimum absolute atomic E-state index is 0.589. The zero-order valence-corrected chi connectivity index (χ0v) is 7.50. The Hall–Kier alpha value is -1.09. The molecule has 0 atom stereocenters. The van der Waals surface area contributed by atoms with Gasteiger partial charge in [0.15, 0.2) is 0 Å². The number of pyridine rings is 1. The predicted octanol–water partition coefficient (Wildman–Crippen LogP) is 1.66. The van der Waals surface area contributed by atoms with Crippen LogP contribution in [-0.4, -0.2) is 18.6 Å². The number of hydrogen-bond donors (Lipinski definition) is 1. The van der Waals surface area contributed by atoms with Gasteiger partial charge in [0.1, 0.15) is 0 Å². The van der Waals surface area contributed by atoms with Gasteiger partial charge in [0.05, 0.1) is 12.3 Å². The molecule has 0 saturated carbocycles. The van der Waals surface area contributed by atoms with Crippen LogP contribution in [0.2, 0.25) is 0 Å². The number of anilines is 1. The van der Waals surface area contributed by atoms with E-state index in [1.807, 2.05) is 26.1 Å². The first-order chi connectivity index (χ1) is 5.86. The van der Waals surface area contributed by atoms with E-state index in [9.17, 15) is 0 Å². The van der Waals surface area contributed by atoms with E-state index in [-0.39, 0.29) is 0 Å². The SMILES string of the molecule is CCOCc1cc(NC)ccn1. The Labute approximate surface area is 72.8 Å². The molecule has 1 N–H and O–H groups in total. The molecule has 0 saturated heterocycles. The van der Waals surface area contributed by atoms with Gasteiger partial charge in [0.25, 0.3) is 0 Å². The summed E-state index contributed by atoms with van der Waals surface area (Å²) in [5.74, 6) is 0. The standard InChI is InChI=1S/C9H14N2O/c1-3-12-7-9-6-8(10-2)4-5-11-9/h4-6H,3,7H2,1-2H3,(H,10,11). The van der Waals surface area contributed by atoms with E-state index < -0.39 is 0 Å². The van der Waals surface area contributed by atoms with Crippen LogP contribution in [0.3, 0.4) is 0 Å². The summed E-state index contributed by atoms with van der Waals surface area (Å²) < 4.78 is 5.23. The Balaban J connectivity index is 2.60. The Morgan fingerprint density at radius 3 is 3.08 bits per heavy atom. The monoisotopic (exact) mass is 166 g/mol. The average molecular weight is 166 g/mol. The first kappa shape index (κ1) is 9.00. The molecule has 12 heavy (non-hydrogen) atoms. The fraction of sp³-hybridized carbons (Fsp3) is 0.444. The maximum atomic E-state index is 5.23. The lowest BCUT2D eigenvalue weighted by molar-refractivity contribution is 0.131. The zero-order chi connectivity index (χ0) is 8.81. The summed E-state index contributed by atoms with van der Waals surface area (Å²) in [6, 6.07) is 3.91. The van der Waals surface area contributed by atoms with Crippen LogP contribution in [-0.2, 0) is 11.3 Å². The summed E-state index contributed by atoms with van der Waals surface area (Å²) in [6.07, 6.45) is 1.78. The molecular weight excluding hydrogens is 152 g/mol. The molecule has 0 fully saturated rings. The van der Waals surface area contributed by atoms with Gasteiger partial charge in [-0.25, -0.2) is 0 Å². The molecule has 3 nitrogen and oxygen atoms in total. The number of rotatable bonds is 4. The van der Waals surface area contributed by atoms with Crippen molar-refractivity contribution in [3.8, 4) is 0 Å². The van der Waals surface area contributed by atoms with Gasteiger partial charge in [0, 0.05) is 25.5 Å². The van der Waals surface area contributed by atoms with E-state index in [4.69, 9.17) is 4.74 Å². The van der Waals surface area contributed by atoms with Crippen molar-refractivity contribution in [2.45, 2.75) is 13.5 Å². The third kappa shape index (κ3) is 2.51. The summed E-state index contributed by atoms with van der Waals surface area (Å²) in [5.41, 5.74) is 2.03. The molecule has 1 aromatic heterocycles. The van der Waals surface area contributed by atoms with Gasteiger partial charge in [0.2, 0.25) is 0 Å². The van der Waals surface area contributed by atoms with Crippen molar-refractivity contribution in [1.29, 1.82) is 0 Å². The van der Waals surface area contributed by atoms with Crippen LogP contribution in [0.1, 0.15) is 12.6 Å². The molecule has 0 aliphatic heterocycles. The van der Waals surface area contributed by atoms with Gasteiger partial charge in [-0.2, -0.15) is 0 Å². The number of ether oxygens (including phenoxy) is 1. The van der Waals surface area contributed by atoms with Gasteiger partial charge < -0.3 is 10.1 Å². The lowest BCUT2D eigenvalue weighted by atomic mass is 10.3.